The zero-order chi connectivity index (χ0) is 19.2. The van der Waals surface area contributed by atoms with E-state index < -0.39 is 6.61 Å². The van der Waals surface area contributed by atoms with Gasteiger partial charge in [0.05, 0.1) is 24.8 Å². The molecule has 1 fully saturated rings. The molecule has 0 radical (unpaired) electrons. The van der Waals surface area contributed by atoms with E-state index in [9.17, 15) is 9.59 Å². The highest BCUT2D eigenvalue weighted by Gasteiger charge is 2.25. The average molecular weight is 390 g/mol. The second kappa shape index (κ2) is 8.94. The van der Waals surface area contributed by atoms with E-state index in [0.29, 0.717) is 49.3 Å². The smallest absolute Gasteiger partial charge is 0.326 e. The third-order valence-corrected chi connectivity index (χ3v) is 4.48. The Kier molecular flexibility index (Phi) is 6.39. The Morgan fingerprint density at radius 3 is 2.44 bits per heavy atom. The SMILES string of the molecule is O=C(CO)c1ccc(CN(C(=O)N2CCOCC2)c2ccc(Cl)cn2)cc1. The van der Waals surface area contributed by atoms with Crippen molar-refractivity contribution in [1.82, 2.24) is 9.88 Å². The lowest BCUT2D eigenvalue weighted by atomic mass is 10.1. The van der Waals surface area contributed by atoms with Gasteiger partial charge in [-0.15, -0.1) is 0 Å². The first-order valence-corrected chi connectivity index (χ1v) is 8.95. The van der Waals surface area contributed by atoms with Gasteiger partial charge in [-0.25, -0.2) is 9.78 Å². The molecule has 0 aliphatic carbocycles. The number of carbonyl (C=O) groups excluding carboxylic acids is 2. The van der Waals surface area contributed by atoms with Crippen molar-refractivity contribution in [3.8, 4) is 0 Å². The van der Waals surface area contributed by atoms with Gasteiger partial charge in [-0.2, -0.15) is 0 Å². The van der Waals surface area contributed by atoms with Crippen molar-refractivity contribution in [2.75, 3.05) is 37.8 Å². The Balaban J connectivity index is 1.83. The number of hydrogen-bond donors (Lipinski definition) is 1. The highest BCUT2D eigenvalue weighted by Crippen LogP contribution is 2.20. The monoisotopic (exact) mass is 389 g/mol. The number of ketones is 1. The second-order valence-corrected chi connectivity index (χ2v) is 6.52. The maximum atomic E-state index is 13.0. The van der Waals surface area contributed by atoms with Crippen molar-refractivity contribution < 1.29 is 19.4 Å². The van der Waals surface area contributed by atoms with Crippen molar-refractivity contribution in [2.45, 2.75) is 6.54 Å². The van der Waals surface area contributed by atoms with Gasteiger partial charge in [0.1, 0.15) is 12.4 Å². The van der Waals surface area contributed by atoms with Crippen molar-refractivity contribution >= 4 is 29.2 Å². The molecule has 8 heteroatoms. The molecule has 1 aliphatic heterocycles. The average Bonchev–Trinajstić information content (AvgIpc) is 2.73. The summed E-state index contributed by atoms with van der Waals surface area (Å²) in [5.41, 5.74) is 1.26. The number of aromatic nitrogens is 1. The second-order valence-electron chi connectivity index (χ2n) is 6.08. The van der Waals surface area contributed by atoms with E-state index in [2.05, 4.69) is 4.98 Å². The molecule has 0 unspecified atom stereocenters. The Morgan fingerprint density at radius 1 is 1.15 bits per heavy atom. The highest BCUT2D eigenvalue weighted by atomic mass is 35.5. The normalized spacial score (nSPS) is 14.1. The Bertz CT molecular complexity index is 790. The summed E-state index contributed by atoms with van der Waals surface area (Å²) in [5, 5.41) is 9.44. The van der Waals surface area contributed by atoms with Crippen LogP contribution in [0.2, 0.25) is 5.02 Å². The molecule has 1 aliphatic rings. The number of aliphatic hydroxyl groups excluding tert-OH is 1. The van der Waals surface area contributed by atoms with Gasteiger partial charge in [0.25, 0.3) is 0 Å². The fourth-order valence-corrected chi connectivity index (χ4v) is 2.88. The van der Waals surface area contributed by atoms with Gasteiger partial charge in [0, 0.05) is 24.8 Å². The van der Waals surface area contributed by atoms with Crippen LogP contribution in [0.25, 0.3) is 0 Å². The molecule has 27 heavy (non-hydrogen) atoms. The molecule has 0 bridgehead atoms. The molecule has 0 saturated carbocycles. The summed E-state index contributed by atoms with van der Waals surface area (Å²) in [4.78, 5) is 32.2. The minimum Gasteiger partial charge on any atom is -0.388 e. The molecule has 2 amide bonds. The Labute approximate surface area is 162 Å². The van der Waals surface area contributed by atoms with Crippen molar-refractivity contribution in [1.29, 1.82) is 0 Å². The standard InChI is InChI=1S/C19H20ClN3O4/c20-16-5-6-18(21-11-16)23(19(26)22-7-9-27-10-8-22)12-14-1-3-15(4-2-14)17(25)13-24/h1-6,11,24H,7-10,12-13H2. The molecule has 1 aromatic heterocycles. The van der Waals surface area contributed by atoms with Crippen LogP contribution in [0.4, 0.5) is 10.6 Å². The summed E-state index contributed by atoms with van der Waals surface area (Å²) in [6, 6.07) is 10.0. The molecular weight excluding hydrogens is 370 g/mol. The van der Waals surface area contributed by atoms with Crippen molar-refractivity contribution in [3.05, 3.63) is 58.7 Å². The first kappa shape index (κ1) is 19.3. The lowest BCUT2D eigenvalue weighted by Gasteiger charge is -2.32. The number of benzene rings is 1. The first-order chi connectivity index (χ1) is 13.1. The number of halogens is 1. The summed E-state index contributed by atoms with van der Waals surface area (Å²) >= 11 is 5.92. The lowest BCUT2D eigenvalue weighted by Crippen LogP contribution is -2.48. The number of urea groups is 1. The maximum Gasteiger partial charge on any atom is 0.326 e. The predicted octanol–water partition coefficient (Wildman–Crippen LogP) is 2.37. The molecule has 0 atom stereocenters. The number of amides is 2. The highest BCUT2D eigenvalue weighted by molar-refractivity contribution is 6.30. The molecule has 0 spiro atoms. The summed E-state index contributed by atoms with van der Waals surface area (Å²) in [6.45, 7) is 1.81. The number of carbonyl (C=O) groups is 2. The van der Waals surface area contributed by atoms with Crippen LogP contribution in [0.3, 0.4) is 0 Å². The first-order valence-electron chi connectivity index (χ1n) is 8.57. The van der Waals surface area contributed by atoms with Gasteiger partial charge >= 0.3 is 6.03 Å². The van der Waals surface area contributed by atoms with E-state index in [4.69, 9.17) is 21.4 Å². The number of pyridine rings is 1. The molecule has 2 aromatic rings. The quantitative estimate of drug-likeness (QED) is 0.794. The van der Waals surface area contributed by atoms with E-state index in [0.717, 1.165) is 5.56 Å². The number of Topliss-reactive ketones (excluding diaryl/α,β-unsaturated/α-hetero) is 1. The zero-order valence-electron chi connectivity index (χ0n) is 14.7. The number of nitrogens with zero attached hydrogens (tertiary/aromatic N) is 3. The van der Waals surface area contributed by atoms with Gasteiger partial charge in [-0.1, -0.05) is 35.9 Å². The molecule has 2 heterocycles. The van der Waals surface area contributed by atoms with Crippen LogP contribution in [-0.4, -0.2) is 59.7 Å². The molecule has 3 rings (SSSR count). The number of morpholine rings is 1. The van der Waals surface area contributed by atoms with E-state index in [-0.39, 0.29) is 11.8 Å². The third kappa shape index (κ3) is 4.82. The van der Waals surface area contributed by atoms with Crippen molar-refractivity contribution in [3.63, 3.8) is 0 Å². The molecule has 1 aromatic carbocycles. The van der Waals surface area contributed by atoms with Crippen molar-refractivity contribution in [2.24, 2.45) is 0 Å². The van der Waals surface area contributed by atoms with Gasteiger partial charge in [-0.05, 0) is 17.7 Å². The minimum atomic E-state index is -0.532. The molecular formula is C19H20ClN3O4. The molecule has 142 valence electrons. The minimum absolute atomic E-state index is 0.163. The Hall–Kier alpha value is -2.48. The number of aliphatic hydroxyl groups is 1. The van der Waals surface area contributed by atoms with Gasteiger partial charge in [-0.3, -0.25) is 9.69 Å². The summed E-state index contributed by atoms with van der Waals surface area (Å²) in [5.74, 6) is 0.147. The summed E-state index contributed by atoms with van der Waals surface area (Å²) in [7, 11) is 0. The van der Waals surface area contributed by atoms with Crippen LogP contribution < -0.4 is 4.90 Å². The van der Waals surface area contributed by atoms with Crippen LogP contribution in [0.5, 0.6) is 0 Å². The van der Waals surface area contributed by atoms with Crippen LogP contribution in [-0.2, 0) is 11.3 Å². The molecule has 7 nitrogen and oxygen atoms in total. The third-order valence-electron chi connectivity index (χ3n) is 4.26. The van der Waals surface area contributed by atoms with Crippen LogP contribution >= 0.6 is 11.6 Å². The van der Waals surface area contributed by atoms with Gasteiger partial charge in [0.15, 0.2) is 5.78 Å². The van der Waals surface area contributed by atoms with Gasteiger partial charge < -0.3 is 14.7 Å². The largest absolute Gasteiger partial charge is 0.388 e. The van der Waals surface area contributed by atoms with Crippen LogP contribution in [0.15, 0.2) is 42.6 Å². The van der Waals surface area contributed by atoms with Crippen LogP contribution in [0, 0.1) is 0 Å². The fraction of sp³-hybridized carbons (Fsp3) is 0.316. The lowest BCUT2D eigenvalue weighted by molar-refractivity contribution is 0.0547. The Morgan fingerprint density at radius 2 is 1.85 bits per heavy atom. The van der Waals surface area contributed by atoms with Crippen LogP contribution in [0.1, 0.15) is 15.9 Å². The van der Waals surface area contributed by atoms with E-state index in [1.165, 1.54) is 6.20 Å². The number of rotatable bonds is 5. The predicted molar refractivity (Wildman–Crippen MR) is 101 cm³/mol. The fourth-order valence-electron chi connectivity index (χ4n) is 2.77. The zero-order valence-corrected chi connectivity index (χ0v) is 15.4. The summed E-state index contributed by atoms with van der Waals surface area (Å²) < 4.78 is 5.32. The number of hydrogen-bond acceptors (Lipinski definition) is 5. The van der Waals surface area contributed by atoms with E-state index in [1.54, 1.807) is 46.2 Å². The number of ether oxygens (including phenoxy) is 1. The maximum absolute atomic E-state index is 13.0. The topological polar surface area (TPSA) is 83.0 Å². The molecule has 1 N–H and O–H groups in total. The molecule has 1 saturated heterocycles. The number of anilines is 1. The van der Waals surface area contributed by atoms with E-state index >= 15 is 0 Å². The van der Waals surface area contributed by atoms with E-state index in [1.807, 2.05) is 0 Å². The summed E-state index contributed by atoms with van der Waals surface area (Å²) in [6.07, 6.45) is 1.50. The van der Waals surface area contributed by atoms with Gasteiger partial charge in [0.2, 0.25) is 0 Å².